The first kappa shape index (κ1) is 14.6. The third-order valence-electron chi connectivity index (χ3n) is 4.12. The van der Waals surface area contributed by atoms with E-state index in [4.69, 9.17) is 11.6 Å². The molecule has 0 radical (unpaired) electrons. The summed E-state index contributed by atoms with van der Waals surface area (Å²) in [7, 11) is 1.99. The van der Waals surface area contributed by atoms with Crippen LogP contribution in [0.1, 0.15) is 25.3 Å². The molecule has 0 aromatic heterocycles. The third-order valence-corrected chi connectivity index (χ3v) is 4.41. The van der Waals surface area contributed by atoms with Crippen LogP contribution in [0.5, 0.6) is 0 Å². The van der Waals surface area contributed by atoms with E-state index in [-0.39, 0.29) is 5.82 Å². The summed E-state index contributed by atoms with van der Waals surface area (Å²) in [6.45, 7) is 5.47. The second-order valence-electron chi connectivity index (χ2n) is 5.16. The number of para-hydroxylation sites is 1. The van der Waals surface area contributed by atoms with E-state index >= 15 is 0 Å². The lowest BCUT2D eigenvalue weighted by atomic mass is 10.0. The van der Waals surface area contributed by atoms with E-state index in [0.717, 1.165) is 38.0 Å². The van der Waals surface area contributed by atoms with Gasteiger partial charge in [-0.1, -0.05) is 19.1 Å². The predicted molar refractivity (Wildman–Crippen MR) is 79.5 cm³/mol. The van der Waals surface area contributed by atoms with E-state index in [1.54, 1.807) is 6.07 Å². The first-order valence-electron chi connectivity index (χ1n) is 6.96. The molecule has 0 bridgehead atoms. The largest absolute Gasteiger partial charge is 0.369 e. The van der Waals surface area contributed by atoms with Gasteiger partial charge in [0, 0.05) is 32.1 Å². The number of likely N-dealkylation sites (tertiary alicyclic amines) is 1. The molecule has 0 unspecified atom stereocenters. The number of halogens is 2. The van der Waals surface area contributed by atoms with Crippen molar-refractivity contribution < 1.29 is 4.39 Å². The Morgan fingerprint density at radius 2 is 2.05 bits per heavy atom. The molecule has 0 saturated carbocycles. The van der Waals surface area contributed by atoms with Crippen molar-refractivity contribution in [1.29, 1.82) is 0 Å². The van der Waals surface area contributed by atoms with E-state index < -0.39 is 0 Å². The molecule has 0 atom stereocenters. The van der Waals surface area contributed by atoms with E-state index in [9.17, 15) is 4.39 Å². The monoisotopic (exact) mass is 284 g/mol. The molecule has 1 aromatic rings. The van der Waals surface area contributed by atoms with Crippen molar-refractivity contribution in [1.82, 2.24) is 4.90 Å². The van der Waals surface area contributed by atoms with Crippen LogP contribution in [0.4, 0.5) is 10.1 Å². The number of anilines is 1. The molecular formula is C15H22ClFN2. The lowest BCUT2D eigenvalue weighted by Gasteiger charge is -2.38. The van der Waals surface area contributed by atoms with E-state index in [1.807, 2.05) is 13.1 Å². The molecule has 19 heavy (non-hydrogen) atoms. The van der Waals surface area contributed by atoms with Gasteiger partial charge in [0.2, 0.25) is 0 Å². The highest BCUT2D eigenvalue weighted by Crippen LogP contribution is 2.29. The van der Waals surface area contributed by atoms with Crippen LogP contribution in [-0.4, -0.2) is 37.6 Å². The zero-order valence-corrected chi connectivity index (χ0v) is 12.5. The molecule has 2 nitrogen and oxygen atoms in total. The summed E-state index contributed by atoms with van der Waals surface area (Å²) in [5, 5.41) is 0. The fraction of sp³-hybridized carbons (Fsp3) is 0.600. The number of nitrogens with zero attached hydrogens (tertiary/aromatic N) is 2. The number of rotatable bonds is 4. The van der Waals surface area contributed by atoms with Gasteiger partial charge >= 0.3 is 0 Å². The fourth-order valence-electron chi connectivity index (χ4n) is 2.87. The molecule has 0 amide bonds. The van der Waals surface area contributed by atoms with E-state index in [1.165, 1.54) is 6.07 Å². The van der Waals surface area contributed by atoms with Crippen molar-refractivity contribution in [3.63, 3.8) is 0 Å². The number of alkyl halides is 1. The standard InChI is InChI=1S/C15H22ClFN2/c1-3-19-9-7-13(8-10-19)18(2)15-12(11-16)5-4-6-14(15)17/h4-6,13H,3,7-11H2,1-2H3. The average Bonchev–Trinajstić information content (AvgIpc) is 2.46. The Morgan fingerprint density at radius 3 is 2.63 bits per heavy atom. The first-order chi connectivity index (χ1) is 9.17. The maximum Gasteiger partial charge on any atom is 0.146 e. The molecule has 2 rings (SSSR count). The highest BCUT2D eigenvalue weighted by Gasteiger charge is 2.24. The van der Waals surface area contributed by atoms with Crippen LogP contribution in [0.2, 0.25) is 0 Å². The smallest absolute Gasteiger partial charge is 0.146 e. The molecule has 106 valence electrons. The number of benzene rings is 1. The summed E-state index contributed by atoms with van der Waals surface area (Å²) in [6.07, 6.45) is 2.17. The van der Waals surface area contributed by atoms with E-state index in [2.05, 4.69) is 16.7 Å². The Hall–Kier alpha value is -0.800. The molecular weight excluding hydrogens is 263 g/mol. The van der Waals surface area contributed by atoms with Gasteiger partial charge in [-0.25, -0.2) is 4.39 Å². The molecule has 1 aromatic carbocycles. The first-order valence-corrected chi connectivity index (χ1v) is 7.49. The Balaban J connectivity index is 2.14. The van der Waals surface area contributed by atoms with Gasteiger partial charge in [-0.3, -0.25) is 0 Å². The SMILES string of the molecule is CCN1CCC(N(C)c2c(F)cccc2CCl)CC1. The van der Waals surface area contributed by atoms with Gasteiger partial charge in [0.1, 0.15) is 5.82 Å². The van der Waals surface area contributed by atoms with Crippen LogP contribution in [0.25, 0.3) is 0 Å². The van der Waals surface area contributed by atoms with Crippen LogP contribution in [0.15, 0.2) is 18.2 Å². The van der Waals surface area contributed by atoms with Gasteiger partial charge in [-0.2, -0.15) is 0 Å². The summed E-state index contributed by atoms with van der Waals surface area (Å²) in [5.41, 5.74) is 1.55. The summed E-state index contributed by atoms with van der Waals surface area (Å²) >= 11 is 5.93. The molecule has 1 aliphatic heterocycles. The molecule has 4 heteroatoms. The Labute approximate surface area is 120 Å². The summed E-state index contributed by atoms with van der Waals surface area (Å²) < 4.78 is 14.1. The summed E-state index contributed by atoms with van der Waals surface area (Å²) in [4.78, 5) is 4.52. The van der Waals surface area contributed by atoms with Crippen molar-refractivity contribution in [2.24, 2.45) is 0 Å². The second-order valence-corrected chi connectivity index (χ2v) is 5.42. The topological polar surface area (TPSA) is 6.48 Å². The van der Waals surface area contributed by atoms with Gasteiger partial charge in [0.15, 0.2) is 0 Å². The van der Waals surface area contributed by atoms with Gasteiger partial charge in [0.25, 0.3) is 0 Å². The molecule has 0 aliphatic carbocycles. The predicted octanol–water partition coefficient (Wildman–Crippen LogP) is 3.49. The van der Waals surface area contributed by atoms with Crippen LogP contribution in [-0.2, 0) is 5.88 Å². The van der Waals surface area contributed by atoms with Crippen LogP contribution in [0, 0.1) is 5.82 Å². The maximum absolute atomic E-state index is 14.1. The number of piperidine rings is 1. The fourth-order valence-corrected chi connectivity index (χ4v) is 3.08. The molecule has 0 spiro atoms. The van der Waals surface area contributed by atoms with E-state index in [0.29, 0.717) is 17.6 Å². The van der Waals surface area contributed by atoms with Crippen molar-refractivity contribution in [3.8, 4) is 0 Å². The van der Waals surface area contributed by atoms with Gasteiger partial charge in [-0.15, -0.1) is 11.6 Å². The molecule has 1 heterocycles. The van der Waals surface area contributed by atoms with Crippen LogP contribution in [0.3, 0.4) is 0 Å². The van der Waals surface area contributed by atoms with Crippen molar-refractivity contribution in [3.05, 3.63) is 29.6 Å². The lowest BCUT2D eigenvalue weighted by Crippen LogP contribution is -2.43. The van der Waals surface area contributed by atoms with Crippen molar-refractivity contribution >= 4 is 17.3 Å². The number of hydrogen-bond acceptors (Lipinski definition) is 2. The highest BCUT2D eigenvalue weighted by molar-refractivity contribution is 6.17. The third kappa shape index (κ3) is 3.21. The Kier molecular flexibility index (Phi) is 5.06. The zero-order chi connectivity index (χ0) is 13.8. The Bertz CT molecular complexity index is 417. The Morgan fingerprint density at radius 1 is 1.37 bits per heavy atom. The van der Waals surface area contributed by atoms with Crippen molar-refractivity contribution in [2.45, 2.75) is 31.7 Å². The zero-order valence-electron chi connectivity index (χ0n) is 11.7. The lowest BCUT2D eigenvalue weighted by molar-refractivity contribution is 0.220. The number of hydrogen-bond donors (Lipinski definition) is 0. The second kappa shape index (κ2) is 6.58. The average molecular weight is 285 g/mol. The van der Waals surface area contributed by atoms with Crippen LogP contribution < -0.4 is 4.90 Å². The quantitative estimate of drug-likeness (QED) is 0.781. The summed E-state index contributed by atoms with van der Waals surface area (Å²) in [5.74, 6) is 0.184. The van der Waals surface area contributed by atoms with Crippen LogP contribution >= 0.6 is 11.6 Å². The molecule has 1 fully saturated rings. The maximum atomic E-state index is 14.1. The normalized spacial score (nSPS) is 17.7. The van der Waals surface area contributed by atoms with Crippen molar-refractivity contribution in [2.75, 3.05) is 31.6 Å². The molecule has 0 N–H and O–H groups in total. The minimum atomic E-state index is -0.168. The summed E-state index contributed by atoms with van der Waals surface area (Å²) in [6, 6.07) is 5.55. The van der Waals surface area contributed by atoms with Gasteiger partial charge < -0.3 is 9.80 Å². The minimum Gasteiger partial charge on any atom is -0.369 e. The van der Waals surface area contributed by atoms with Gasteiger partial charge in [0.05, 0.1) is 5.69 Å². The minimum absolute atomic E-state index is 0.168. The molecule has 1 saturated heterocycles. The highest BCUT2D eigenvalue weighted by atomic mass is 35.5. The molecule has 1 aliphatic rings. The van der Waals surface area contributed by atoms with Gasteiger partial charge in [-0.05, 0) is 31.0 Å².